The number of hydrogen-bond donors (Lipinski definition) is 1. The highest BCUT2D eigenvalue weighted by Crippen LogP contribution is 2.48. The minimum Gasteiger partial charge on any atom is -0.310 e. The Labute approximate surface area is 115 Å². The van der Waals surface area contributed by atoms with Gasteiger partial charge in [0.2, 0.25) is 0 Å². The van der Waals surface area contributed by atoms with Gasteiger partial charge in [0.15, 0.2) is 0 Å². The molecule has 2 aromatic rings. The van der Waals surface area contributed by atoms with Crippen LogP contribution in [0.4, 0.5) is 8.78 Å². The van der Waals surface area contributed by atoms with E-state index in [0.717, 1.165) is 35.7 Å². The molecule has 1 saturated carbocycles. The summed E-state index contributed by atoms with van der Waals surface area (Å²) in [5.41, 5.74) is 1.17. The van der Waals surface area contributed by atoms with Crippen LogP contribution >= 0.6 is 11.3 Å². The van der Waals surface area contributed by atoms with Gasteiger partial charge in [0, 0.05) is 28.9 Å². The second-order valence-electron chi connectivity index (χ2n) is 5.51. The Morgan fingerprint density at radius 2 is 2.05 bits per heavy atom. The SMILES string of the molecule is CC(C)NCc1sc2c(F)cc(F)cc2c1C1CC1. The molecule has 102 valence electrons. The summed E-state index contributed by atoms with van der Waals surface area (Å²) in [6.45, 7) is 4.92. The molecule has 1 aliphatic carbocycles. The van der Waals surface area contributed by atoms with E-state index in [-0.39, 0.29) is 0 Å². The molecule has 1 fully saturated rings. The maximum atomic E-state index is 13.9. The Hall–Kier alpha value is -1.00. The zero-order chi connectivity index (χ0) is 13.6. The molecule has 0 amide bonds. The van der Waals surface area contributed by atoms with Crippen LogP contribution in [-0.4, -0.2) is 6.04 Å². The zero-order valence-corrected chi connectivity index (χ0v) is 11.9. The minimum atomic E-state index is -0.479. The maximum Gasteiger partial charge on any atom is 0.143 e. The molecule has 0 spiro atoms. The Balaban J connectivity index is 2.10. The van der Waals surface area contributed by atoms with Crippen molar-refractivity contribution in [3.05, 3.63) is 34.2 Å². The summed E-state index contributed by atoms with van der Waals surface area (Å²) in [7, 11) is 0. The third-order valence-corrected chi connectivity index (χ3v) is 4.71. The minimum absolute atomic E-state index is 0.388. The second kappa shape index (κ2) is 4.84. The van der Waals surface area contributed by atoms with Crippen molar-refractivity contribution in [1.29, 1.82) is 0 Å². The summed E-state index contributed by atoms with van der Waals surface area (Å²) >= 11 is 1.47. The molecule has 1 heterocycles. The summed E-state index contributed by atoms with van der Waals surface area (Å²) in [6, 6.07) is 2.86. The number of nitrogens with one attached hydrogen (secondary N) is 1. The van der Waals surface area contributed by atoms with Crippen LogP contribution in [0.2, 0.25) is 0 Å². The molecule has 0 aliphatic heterocycles. The maximum absolute atomic E-state index is 13.9. The predicted octanol–water partition coefficient (Wildman–Crippen LogP) is 4.55. The van der Waals surface area contributed by atoms with Crippen molar-refractivity contribution in [3.8, 4) is 0 Å². The van der Waals surface area contributed by atoms with Gasteiger partial charge in [-0.05, 0) is 30.4 Å². The lowest BCUT2D eigenvalue weighted by molar-refractivity contribution is 0.591. The molecule has 1 aromatic carbocycles. The van der Waals surface area contributed by atoms with E-state index in [2.05, 4.69) is 19.2 Å². The summed E-state index contributed by atoms with van der Waals surface area (Å²) in [6.07, 6.45) is 2.28. The molecule has 0 bridgehead atoms. The van der Waals surface area contributed by atoms with Crippen molar-refractivity contribution in [1.82, 2.24) is 5.32 Å². The fourth-order valence-corrected chi connectivity index (χ4v) is 3.66. The number of thiophene rings is 1. The molecule has 1 nitrogen and oxygen atoms in total. The van der Waals surface area contributed by atoms with Crippen LogP contribution in [0.1, 0.15) is 43.0 Å². The first-order chi connectivity index (χ1) is 9.06. The van der Waals surface area contributed by atoms with Gasteiger partial charge in [-0.25, -0.2) is 8.78 Å². The van der Waals surface area contributed by atoms with Crippen LogP contribution in [0.5, 0.6) is 0 Å². The number of hydrogen-bond acceptors (Lipinski definition) is 2. The van der Waals surface area contributed by atoms with E-state index in [1.54, 1.807) is 0 Å². The van der Waals surface area contributed by atoms with Gasteiger partial charge in [-0.2, -0.15) is 0 Å². The van der Waals surface area contributed by atoms with Crippen LogP contribution in [-0.2, 0) is 6.54 Å². The molecule has 1 aliphatic rings. The first kappa shape index (κ1) is 13.0. The Morgan fingerprint density at radius 3 is 2.68 bits per heavy atom. The van der Waals surface area contributed by atoms with Crippen molar-refractivity contribution in [2.75, 3.05) is 0 Å². The summed E-state index contributed by atoms with van der Waals surface area (Å²) in [5.74, 6) is -0.412. The Morgan fingerprint density at radius 1 is 1.32 bits per heavy atom. The Kier molecular flexibility index (Phi) is 3.31. The average Bonchev–Trinajstić information content (AvgIpc) is 3.08. The van der Waals surface area contributed by atoms with Crippen LogP contribution in [0.3, 0.4) is 0 Å². The fourth-order valence-electron chi connectivity index (χ4n) is 2.44. The molecule has 0 saturated heterocycles. The van der Waals surface area contributed by atoms with Crippen molar-refractivity contribution in [3.63, 3.8) is 0 Å². The number of rotatable bonds is 4. The molecule has 19 heavy (non-hydrogen) atoms. The van der Waals surface area contributed by atoms with E-state index in [0.29, 0.717) is 16.7 Å². The first-order valence-electron chi connectivity index (χ1n) is 6.70. The molecule has 0 radical (unpaired) electrons. The molecule has 0 atom stereocenters. The van der Waals surface area contributed by atoms with Gasteiger partial charge in [-0.1, -0.05) is 13.8 Å². The highest BCUT2D eigenvalue weighted by atomic mass is 32.1. The van der Waals surface area contributed by atoms with Gasteiger partial charge in [-0.3, -0.25) is 0 Å². The number of fused-ring (bicyclic) bond motifs is 1. The summed E-state index contributed by atoms with van der Waals surface area (Å²) in [5, 5.41) is 4.16. The van der Waals surface area contributed by atoms with Gasteiger partial charge in [0.05, 0.1) is 4.70 Å². The van der Waals surface area contributed by atoms with Crippen molar-refractivity contribution in [2.24, 2.45) is 0 Å². The molecule has 4 heteroatoms. The van der Waals surface area contributed by atoms with Gasteiger partial charge in [-0.15, -0.1) is 11.3 Å². The third kappa shape index (κ3) is 2.51. The largest absolute Gasteiger partial charge is 0.310 e. The molecule has 1 N–H and O–H groups in total. The molecule has 3 rings (SSSR count). The van der Waals surface area contributed by atoms with Gasteiger partial charge >= 0.3 is 0 Å². The van der Waals surface area contributed by atoms with E-state index in [1.807, 2.05) is 0 Å². The van der Waals surface area contributed by atoms with Gasteiger partial charge in [0.1, 0.15) is 11.6 Å². The van der Waals surface area contributed by atoms with Crippen LogP contribution in [0, 0.1) is 11.6 Å². The lowest BCUT2D eigenvalue weighted by Crippen LogP contribution is -2.21. The zero-order valence-electron chi connectivity index (χ0n) is 11.1. The van der Waals surface area contributed by atoms with E-state index in [9.17, 15) is 8.78 Å². The quantitative estimate of drug-likeness (QED) is 0.866. The van der Waals surface area contributed by atoms with E-state index < -0.39 is 11.6 Å². The lowest BCUT2D eigenvalue weighted by atomic mass is 10.1. The van der Waals surface area contributed by atoms with E-state index in [4.69, 9.17) is 0 Å². The summed E-state index contributed by atoms with van der Waals surface area (Å²) in [4.78, 5) is 1.16. The topological polar surface area (TPSA) is 12.0 Å². The van der Waals surface area contributed by atoms with E-state index >= 15 is 0 Å². The van der Waals surface area contributed by atoms with Gasteiger partial charge < -0.3 is 5.32 Å². The van der Waals surface area contributed by atoms with Crippen LogP contribution < -0.4 is 5.32 Å². The monoisotopic (exact) mass is 281 g/mol. The van der Waals surface area contributed by atoms with E-state index in [1.165, 1.54) is 23.0 Å². The molecular weight excluding hydrogens is 264 g/mol. The fraction of sp³-hybridized carbons (Fsp3) is 0.467. The van der Waals surface area contributed by atoms with Crippen molar-refractivity contribution in [2.45, 2.75) is 45.2 Å². The standard InChI is InChI=1S/C15H17F2NS/c1-8(2)18-7-13-14(9-3-4-9)11-5-10(16)6-12(17)15(11)19-13/h5-6,8-9,18H,3-4,7H2,1-2H3. The van der Waals surface area contributed by atoms with Crippen molar-refractivity contribution < 1.29 is 8.78 Å². The van der Waals surface area contributed by atoms with Gasteiger partial charge in [0.25, 0.3) is 0 Å². The summed E-state index contributed by atoms with van der Waals surface area (Å²) < 4.78 is 27.9. The number of halogens is 2. The third-order valence-electron chi connectivity index (χ3n) is 3.48. The molecular formula is C15H17F2NS. The normalized spacial score (nSPS) is 15.6. The lowest BCUT2D eigenvalue weighted by Gasteiger charge is -2.08. The molecule has 0 unspecified atom stereocenters. The Bertz CT molecular complexity index is 614. The van der Waals surface area contributed by atoms with Crippen LogP contribution in [0.15, 0.2) is 12.1 Å². The highest BCUT2D eigenvalue weighted by molar-refractivity contribution is 7.19. The smallest absolute Gasteiger partial charge is 0.143 e. The van der Waals surface area contributed by atoms with Crippen LogP contribution in [0.25, 0.3) is 10.1 Å². The molecule has 1 aromatic heterocycles. The predicted molar refractivity (Wildman–Crippen MR) is 75.7 cm³/mol. The van der Waals surface area contributed by atoms with Crippen molar-refractivity contribution >= 4 is 21.4 Å². The average molecular weight is 281 g/mol. The number of benzene rings is 1. The highest BCUT2D eigenvalue weighted by Gasteiger charge is 2.30. The second-order valence-corrected chi connectivity index (χ2v) is 6.62. The first-order valence-corrected chi connectivity index (χ1v) is 7.51.